The first kappa shape index (κ1) is 36.8. The SMILES string of the molecule is CC(=O)[O-].CC(=O)[O-].CCCc1cc(C)c(O)c(C=NC2CCC(N=Cc3cc(CCC)cc(C)c3O)C2)c1.[Co+2]. The number of carbonyl (C=O) groups is 2. The Morgan fingerprint density at radius 2 is 1.12 bits per heavy atom. The maximum absolute atomic E-state index is 10.4. The number of carbonyl (C=O) groups excluding carboxylic acids is 2. The molecule has 2 unspecified atom stereocenters. The maximum atomic E-state index is 10.4. The first-order valence-corrected chi connectivity index (χ1v) is 13.4. The number of aromatic hydroxyl groups is 2. The van der Waals surface area contributed by atoms with Crippen LogP contribution in [0.5, 0.6) is 11.5 Å². The Hall–Kier alpha value is -3.17. The number of aliphatic carboxylic acids is 2. The molecule has 0 heterocycles. The summed E-state index contributed by atoms with van der Waals surface area (Å²) in [4.78, 5) is 27.3. The molecule has 221 valence electrons. The van der Waals surface area contributed by atoms with Gasteiger partial charge in [0, 0.05) is 35.5 Å². The number of benzene rings is 2. The van der Waals surface area contributed by atoms with E-state index >= 15 is 0 Å². The van der Waals surface area contributed by atoms with Crippen LogP contribution in [0.25, 0.3) is 0 Å². The van der Waals surface area contributed by atoms with Crippen molar-refractivity contribution in [2.75, 3.05) is 0 Å². The zero-order chi connectivity index (χ0) is 29.5. The molecule has 2 aromatic carbocycles. The van der Waals surface area contributed by atoms with Crippen LogP contribution in [-0.2, 0) is 39.2 Å². The van der Waals surface area contributed by atoms with Crippen molar-refractivity contribution in [3.63, 3.8) is 0 Å². The van der Waals surface area contributed by atoms with E-state index in [0.29, 0.717) is 11.5 Å². The van der Waals surface area contributed by atoms with Gasteiger partial charge in [0.25, 0.3) is 0 Å². The van der Waals surface area contributed by atoms with Crippen molar-refractivity contribution in [2.24, 2.45) is 9.98 Å². The van der Waals surface area contributed by atoms with Gasteiger partial charge in [0.15, 0.2) is 0 Å². The van der Waals surface area contributed by atoms with E-state index in [0.717, 1.165) is 81.0 Å². The monoisotopic (exact) mass is 597 g/mol. The number of aryl methyl sites for hydroxylation is 4. The third-order valence-corrected chi connectivity index (χ3v) is 6.08. The van der Waals surface area contributed by atoms with Crippen LogP contribution in [0.2, 0.25) is 0 Å². The first-order valence-electron chi connectivity index (χ1n) is 13.4. The minimum Gasteiger partial charge on any atom is -0.550 e. The van der Waals surface area contributed by atoms with Crippen molar-refractivity contribution in [3.05, 3.63) is 57.6 Å². The predicted octanol–water partition coefficient (Wildman–Crippen LogP) is 3.59. The van der Waals surface area contributed by atoms with Gasteiger partial charge in [-0.3, -0.25) is 9.98 Å². The molecule has 1 aliphatic rings. The molecule has 9 heteroatoms. The molecule has 1 radical (unpaired) electrons. The van der Waals surface area contributed by atoms with Gasteiger partial charge < -0.3 is 30.0 Å². The van der Waals surface area contributed by atoms with Crippen molar-refractivity contribution in [3.8, 4) is 11.5 Å². The standard InChI is InChI=1S/C27H36N2O2.2C2H4O2.Co/c1-5-7-20-11-18(3)26(30)22(13-20)16-28-24-9-10-25(15-24)29-17-23-14-21(8-6-2)12-19(4)27(23)31;2*1-2(3)4;/h11-14,16-17,24-25,30-31H,5-10,15H2,1-4H3;2*1H3,(H,3,4);/q;;;+2/p-2. The summed E-state index contributed by atoms with van der Waals surface area (Å²) >= 11 is 0. The second kappa shape index (κ2) is 19.0. The summed E-state index contributed by atoms with van der Waals surface area (Å²) in [6.45, 7) is 10.2. The summed E-state index contributed by atoms with van der Waals surface area (Å²) in [7, 11) is 0. The Kier molecular flexibility index (Phi) is 17.5. The summed E-state index contributed by atoms with van der Waals surface area (Å²) in [6, 6.07) is 8.66. The number of hydrogen-bond donors (Lipinski definition) is 2. The number of rotatable bonds is 8. The van der Waals surface area contributed by atoms with Gasteiger partial charge in [-0.05, 0) is 94.2 Å². The van der Waals surface area contributed by atoms with Crippen LogP contribution < -0.4 is 10.2 Å². The molecule has 2 aromatic rings. The van der Waals surface area contributed by atoms with E-state index in [1.54, 1.807) is 0 Å². The van der Waals surface area contributed by atoms with Crippen LogP contribution >= 0.6 is 0 Å². The summed E-state index contributed by atoms with van der Waals surface area (Å²) in [6.07, 6.45) is 10.7. The summed E-state index contributed by atoms with van der Waals surface area (Å²) in [5.41, 5.74) is 5.91. The molecule has 1 aliphatic carbocycles. The van der Waals surface area contributed by atoms with Gasteiger partial charge in [-0.1, -0.05) is 38.8 Å². The molecular formula is C31H42CoN2O6. The van der Waals surface area contributed by atoms with Gasteiger partial charge in [-0.15, -0.1) is 0 Å². The number of aliphatic imine (C=N–C) groups is 2. The molecule has 0 amide bonds. The maximum Gasteiger partial charge on any atom is 2.00 e. The Balaban J connectivity index is 0.00000149. The van der Waals surface area contributed by atoms with E-state index in [9.17, 15) is 10.2 Å². The Morgan fingerprint density at radius 3 is 1.43 bits per heavy atom. The van der Waals surface area contributed by atoms with E-state index in [4.69, 9.17) is 29.8 Å². The Bertz CT molecular complexity index is 1070. The number of carboxylic acids is 2. The van der Waals surface area contributed by atoms with Crippen molar-refractivity contribution >= 4 is 24.4 Å². The van der Waals surface area contributed by atoms with Crippen LogP contribution in [0.3, 0.4) is 0 Å². The smallest absolute Gasteiger partial charge is 0.550 e. The minimum absolute atomic E-state index is 0. The summed E-state index contributed by atoms with van der Waals surface area (Å²) < 4.78 is 0. The normalized spacial score (nSPS) is 16.1. The van der Waals surface area contributed by atoms with Crippen molar-refractivity contribution < 1.29 is 46.8 Å². The predicted molar refractivity (Wildman–Crippen MR) is 152 cm³/mol. The average Bonchev–Trinajstić information content (AvgIpc) is 3.29. The molecule has 3 rings (SSSR count). The molecule has 0 spiro atoms. The summed E-state index contributed by atoms with van der Waals surface area (Å²) in [5, 5.41) is 38.6. The van der Waals surface area contributed by atoms with Gasteiger partial charge in [0.05, 0.1) is 12.1 Å². The number of nitrogens with zero attached hydrogens (tertiary/aromatic N) is 2. The van der Waals surface area contributed by atoms with E-state index in [1.807, 2.05) is 38.4 Å². The van der Waals surface area contributed by atoms with Gasteiger partial charge in [0.1, 0.15) is 11.5 Å². The second-order valence-corrected chi connectivity index (χ2v) is 9.86. The zero-order valence-electron chi connectivity index (χ0n) is 24.3. The van der Waals surface area contributed by atoms with Crippen LogP contribution in [-0.4, -0.2) is 46.7 Å². The Labute approximate surface area is 248 Å². The molecule has 0 saturated heterocycles. The van der Waals surface area contributed by atoms with E-state index in [1.165, 1.54) is 11.1 Å². The first-order chi connectivity index (χ1) is 18.4. The summed E-state index contributed by atoms with van der Waals surface area (Å²) in [5.74, 6) is -1.51. The van der Waals surface area contributed by atoms with Crippen LogP contribution in [0.15, 0.2) is 34.3 Å². The number of hydrogen-bond acceptors (Lipinski definition) is 8. The molecule has 1 fully saturated rings. The van der Waals surface area contributed by atoms with Gasteiger partial charge in [-0.25, -0.2) is 0 Å². The number of phenolic OH excluding ortho intramolecular Hbond substituents is 2. The fraction of sp³-hybridized carbons (Fsp3) is 0.484. The van der Waals surface area contributed by atoms with E-state index < -0.39 is 11.9 Å². The molecule has 0 aliphatic heterocycles. The number of phenols is 2. The van der Waals surface area contributed by atoms with Crippen LogP contribution in [0, 0.1) is 13.8 Å². The molecule has 0 bridgehead atoms. The largest absolute Gasteiger partial charge is 2.00 e. The topological polar surface area (TPSA) is 145 Å². The molecule has 1 saturated carbocycles. The van der Waals surface area contributed by atoms with Gasteiger partial charge in [-0.2, -0.15) is 0 Å². The quantitative estimate of drug-likeness (QED) is 0.445. The molecular weight excluding hydrogens is 555 g/mol. The average molecular weight is 598 g/mol. The zero-order valence-corrected chi connectivity index (χ0v) is 25.4. The van der Waals surface area contributed by atoms with E-state index in [-0.39, 0.29) is 28.9 Å². The van der Waals surface area contributed by atoms with Crippen molar-refractivity contribution in [2.45, 2.75) is 98.6 Å². The molecule has 40 heavy (non-hydrogen) atoms. The molecule has 0 aromatic heterocycles. The third-order valence-electron chi connectivity index (χ3n) is 6.08. The minimum atomic E-state index is -1.08. The van der Waals surface area contributed by atoms with E-state index in [2.05, 4.69) is 26.0 Å². The molecule has 2 N–H and O–H groups in total. The van der Waals surface area contributed by atoms with Crippen molar-refractivity contribution in [1.82, 2.24) is 0 Å². The fourth-order valence-corrected chi connectivity index (χ4v) is 4.41. The van der Waals surface area contributed by atoms with Crippen LogP contribution in [0.4, 0.5) is 0 Å². The second-order valence-electron chi connectivity index (χ2n) is 9.86. The Morgan fingerprint density at radius 1 is 0.800 bits per heavy atom. The van der Waals surface area contributed by atoms with Crippen LogP contribution in [0.1, 0.15) is 93.2 Å². The van der Waals surface area contributed by atoms with Gasteiger partial charge in [0.2, 0.25) is 0 Å². The number of carboxylic acid groups (broad SMARTS) is 2. The fourth-order valence-electron chi connectivity index (χ4n) is 4.41. The van der Waals surface area contributed by atoms with Crippen molar-refractivity contribution in [1.29, 1.82) is 0 Å². The molecule has 2 atom stereocenters. The molecule has 8 nitrogen and oxygen atoms in total. The third kappa shape index (κ3) is 13.8. The van der Waals surface area contributed by atoms with Gasteiger partial charge >= 0.3 is 16.8 Å².